The van der Waals surface area contributed by atoms with Gasteiger partial charge in [-0.1, -0.05) is 30.3 Å². The van der Waals surface area contributed by atoms with Crippen LogP contribution >= 0.6 is 0 Å². The van der Waals surface area contributed by atoms with Crippen molar-refractivity contribution >= 4 is 15.7 Å². The van der Waals surface area contributed by atoms with Crippen molar-refractivity contribution in [1.29, 1.82) is 0 Å². The number of sulfonamides is 1. The first-order chi connectivity index (χ1) is 9.92. The fourth-order valence-corrected chi connectivity index (χ4v) is 3.21. The van der Waals surface area contributed by atoms with Crippen molar-refractivity contribution < 1.29 is 12.8 Å². The lowest BCUT2D eigenvalue weighted by Crippen LogP contribution is -2.27. The molecule has 0 atom stereocenters. The molecule has 0 bridgehead atoms. The van der Waals surface area contributed by atoms with Crippen LogP contribution in [0.15, 0.2) is 47.4 Å². The summed E-state index contributed by atoms with van der Waals surface area (Å²) in [6.45, 7) is 2.19. The molecule has 0 fully saturated rings. The molecule has 0 radical (unpaired) electrons. The molecule has 21 heavy (non-hydrogen) atoms. The van der Waals surface area contributed by atoms with Crippen molar-refractivity contribution in [1.82, 2.24) is 4.72 Å². The van der Waals surface area contributed by atoms with Crippen molar-refractivity contribution in [2.75, 3.05) is 12.3 Å². The largest absolute Gasteiger partial charge is 0.395 e. The quantitative estimate of drug-likeness (QED) is 0.832. The third-order valence-corrected chi connectivity index (χ3v) is 4.77. The molecule has 0 aliphatic rings. The standard InChI is InChI=1S/C15H17FN2O2S/c1-11-5-2-3-6-12(11)9-10-18-21(19,20)14-8-4-7-13(16)15(14)17/h2-8,18H,9-10,17H2,1H3. The van der Waals surface area contributed by atoms with Gasteiger partial charge in [0.05, 0.1) is 5.69 Å². The van der Waals surface area contributed by atoms with Crippen molar-refractivity contribution in [2.45, 2.75) is 18.2 Å². The maximum atomic E-state index is 13.3. The number of hydrogen-bond donors (Lipinski definition) is 2. The van der Waals surface area contributed by atoms with E-state index in [-0.39, 0.29) is 17.1 Å². The summed E-state index contributed by atoms with van der Waals surface area (Å²) in [4.78, 5) is -0.229. The zero-order valence-corrected chi connectivity index (χ0v) is 12.5. The minimum atomic E-state index is -3.81. The predicted molar refractivity (Wildman–Crippen MR) is 80.9 cm³/mol. The molecule has 0 spiro atoms. The Hall–Kier alpha value is -1.92. The summed E-state index contributed by atoms with van der Waals surface area (Å²) < 4.78 is 40.0. The van der Waals surface area contributed by atoms with Crippen LogP contribution in [0.3, 0.4) is 0 Å². The molecule has 0 saturated heterocycles. The van der Waals surface area contributed by atoms with Crippen LogP contribution in [-0.2, 0) is 16.4 Å². The molecular formula is C15H17FN2O2S. The summed E-state index contributed by atoms with van der Waals surface area (Å²) in [5, 5.41) is 0. The lowest BCUT2D eigenvalue weighted by atomic mass is 10.1. The van der Waals surface area contributed by atoms with Crippen LogP contribution in [0.2, 0.25) is 0 Å². The van der Waals surface area contributed by atoms with E-state index in [1.54, 1.807) is 0 Å². The summed E-state index contributed by atoms with van der Waals surface area (Å²) in [6, 6.07) is 11.5. The highest BCUT2D eigenvalue weighted by atomic mass is 32.2. The molecule has 2 aromatic rings. The van der Waals surface area contributed by atoms with Gasteiger partial charge in [0.2, 0.25) is 10.0 Å². The molecule has 112 valence electrons. The first-order valence-electron chi connectivity index (χ1n) is 6.50. The number of nitrogens with one attached hydrogen (secondary N) is 1. The first-order valence-corrected chi connectivity index (χ1v) is 7.98. The topological polar surface area (TPSA) is 72.2 Å². The number of hydrogen-bond acceptors (Lipinski definition) is 3. The van der Waals surface area contributed by atoms with Crippen molar-refractivity contribution in [3.05, 3.63) is 59.4 Å². The van der Waals surface area contributed by atoms with E-state index in [2.05, 4.69) is 4.72 Å². The smallest absolute Gasteiger partial charge is 0.242 e. The predicted octanol–water partition coefficient (Wildman–Crippen LogP) is 2.24. The molecular weight excluding hydrogens is 291 g/mol. The number of anilines is 1. The van der Waals surface area contributed by atoms with E-state index in [1.165, 1.54) is 12.1 Å². The van der Waals surface area contributed by atoms with Crippen LogP contribution in [0.1, 0.15) is 11.1 Å². The Morgan fingerprint density at radius 1 is 1.14 bits per heavy atom. The van der Waals surface area contributed by atoms with Gasteiger partial charge < -0.3 is 5.73 Å². The molecule has 0 saturated carbocycles. The van der Waals surface area contributed by atoms with Gasteiger partial charge in [-0.05, 0) is 36.6 Å². The Labute approximate surface area is 123 Å². The fraction of sp³-hybridized carbons (Fsp3) is 0.200. The average Bonchev–Trinajstić information content (AvgIpc) is 2.43. The van der Waals surface area contributed by atoms with E-state index >= 15 is 0 Å². The van der Waals surface area contributed by atoms with E-state index in [1.807, 2.05) is 31.2 Å². The fourth-order valence-electron chi connectivity index (χ4n) is 2.04. The normalized spacial score (nSPS) is 11.5. The number of halogens is 1. The van der Waals surface area contributed by atoms with Crippen molar-refractivity contribution in [3.8, 4) is 0 Å². The second-order valence-electron chi connectivity index (χ2n) is 4.73. The van der Waals surface area contributed by atoms with Crippen LogP contribution < -0.4 is 10.5 Å². The molecule has 0 heterocycles. The number of rotatable bonds is 5. The van der Waals surface area contributed by atoms with E-state index < -0.39 is 15.8 Å². The van der Waals surface area contributed by atoms with E-state index in [0.717, 1.165) is 17.2 Å². The molecule has 2 rings (SSSR count). The molecule has 2 aromatic carbocycles. The summed E-state index contributed by atoms with van der Waals surface area (Å²) in [5.41, 5.74) is 7.28. The molecule has 3 N–H and O–H groups in total. The number of aryl methyl sites for hydroxylation is 1. The van der Waals surface area contributed by atoms with Gasteiger partial charge in [-0.2, -0.15) is 0 Å². The molecule has 0 aromatic heterocycles. The lowest BCUT2D eigenvalue weighted by molar-refractivity contribution is 0.579. The second-order valence-corrected chi connectivity index (χ2v) is 6.46. The third kappa shape index (κ3) is 3.59. The summed E-state index contributed by atoms with van der Waals surface area (Å²) in [6.07, 6.45) is 0.557. The van der Waals surface area contributed by atoms with Gasteiger partial charge in [0.25, 0.3) is 0 Å². The number of benzene rings is 2. The lowest BCUT2D eigenvalue weighted by Gasteiger charge is -2.10. The zero-order valence-electron chi connectivity index (χ0n) is 11.6. The molecule has 0 unspecified atom stereocenters. The van der Waals surface area contributed by atoms with Crippen molar-refractivity contribution in [2.24, 2.45) is 0 Å². The minimum absolute atomic E-state index is 0.225. The van der Waals surface area contributed by atoms with Gasteiger partial charge >= 0.3 is 0 Å². The van der Waals surface area contributed by atoms with Crippen LogP contribution in [0, 0.1) is 12.7 Å². The average molecular weight is 308 g/mol. The molecule has 0 amide bonds. The SMILES string of the molecule is Cc1ccccc1CCNS(=O)(=O)c1cccc(F)c1N. The molecule has 0 aliphatic heterocycles. The van der Waals surface area contributed by atoms with Crippen LogP contribution in [0.25, 0.3) is 0 Å². The Kier molecular flexibility index (Phi) is 4.59. The van der Waals surface area contributed by atoms with Crippen LogP contribution in [0.4, 0.5) is 10.1 Å². The van der Waals surface area contributed by atoms with Gasteiger partial charge in [0.15, 0.2) is 0 Å². The monoisotopic (exact) mass is 308 g/mol. The third-order valence-electron chi connectivity index (χ3n) is 3.25. The maximum absolute atomic E-state index is 13.3. The van der Waals surface area contributed by atoms with Gasteiger partial charge in [-0.3, -0.25) is 0 Å². The maximum Gasteiger partial charge on any atom is 0.242 e. The number of nitrogen functional groups attached to an aromatic ring is 1. The van der Waals surface area contributed by atoms with Gasteiger partial charge in [-0.25, -0.2) is 17.5 Å². The summed E-state index contributed by atoms with van der Waals surface area (Å²) in [7, 11) is -3.81. The highest BCUT2D eigenvalue weighted by molar-refractivity contribution is 7.89. The van der Waals surface area contributed by atoms with E-state index in [4.69, 9.17) is 5.73 Å². The Balaban J connectivity index is 2.09. The highest BCUT2D eigenvalue weighted by Gasteiger charge is 2.18. The molecule has 4 nitrogen and oxygen atoms in total. The van der Waals surface area contributed by atoms with Gasteiger partial charge in [0.1, 0.15) is 10.7 Å². The molecule has 6 heteroatoms. The van der Waals surface area contributed by atoms with Crippen LogP contribution in [-0.4, -0.2) is 15.0 Å². The number of para-hydroxylation sites is 1. The Morgan fingerprint density at radius 3 is 2.57 bits per heavy atom. The van der Waals surface area contributed by atoms with E-state index in [9.17, 15) is 12.8 Å². The van der Waals surface area contributed by atoms with Gasteiger partial charge in [0, 0.05) is 6.54 Å². The minimum Gasteiger partial charge on any atom is -0.395 e. The zero-order chi connectivity index (χ0) is 15.5. The number of nitrogens with two attached hydrogens (primary N) is 1. The second kappa shape index (κ2) is 6.24. The van der Waals surface area contributed by atoms with Crippen LogP contribution in [0.5, 0.6) is 0 Å². The Bertz CT molecular complexity index is 745. The first kappa shape index (κ1) is 15.5. The Morgan fingerprint density at radius 2 is 1.86 bits per heavy atom. The summed E-state index contributed by atoms with van der Waals surface area (Å²) >= 11 is 0. The highest BCUT2D eigenvalue weighted by Crippen LogP contribution is 2.20. The summed E-state index contributed by atoms with van der Waals surface area (Å²) in [5.74, 6) is -0.739. The van der Waals surface area contributed by atoms with E-state index in [0.29, 0.717) is 6.42 Å². The van der Waals surface area contributed by atoms with Crippen molar-refractivity contribution in [3.63, 3.8) is 0 Å². The van der Waals surface area contributed by atoms with Gasteiger partial charge in [-0.15, -0.1) is 0 Å². The molecule has 0 aliphatic carbocycles.